The molecular weight excluding hydrogens is 386 g/mol. The van der Waals surface area contributed by atoms with Crippen molar-refractivity contribution in [3.63, 3.8) is 0 Å². The summed E-state index contributed by atoms with van der Waals surface area (Å²) < 4.78 is 15.6. The minimum absolute atomic E-state index is 0.0652. The molecule has 0 saturated heterocycles. The van der Waals surface area contributed by atoms with E-state index < -0.39 is 12.6 Å². The lowest BCUT2D eigenvalue weighted by molar-refractivity contribution is -0.134. The Labute approximate surface area is 174 Å². The number of nitrogens with zero attached hydrogens (tertiary/aromatic N) is 1. The molecule has 1 heterocycles. The van der Waals surface area contributed by atoms with Gasteiger partial charge in [-0.3, -0.25) is 9.59 Å². The van der Waals surface area contributed by atoms with E-state index in [2.05, 4.69) is 0 Å². The number of methoxy groups -OCH3 is 2. The average molecular weight is 409 g/mol. The molecule has 0 fully saturated rings. The third-order valence-corrected chi connectivity index (χ3v) is 4.94. The zero-order valence-corrected chi connectivity index (χ0v) is 16.9. The van der Waals surface area contributed by atoms with Gasteiger partial charge in [0.15, 0.2) is 24.4 Å². The summed E-state index contributed by atoms with van der Waals surface area (Å²) in [4.78, 5) is 38.1. The molecule has 3 rings (SSSR count). The zero-order chi connectivity index (χ0) is 21.5. The molecule has 0 aliphatic carbocycles. The molecule has 0 atom stereocenters. The maximum absolute atomic E-state index is 12.6. The molecule has 7 heteroatoms. The van der Waals surface area contributed by atoms with E-state index in [0.717, 1.165) is 12.0 Å². The molecule has 0 saturated carbocycles. The highest BCUT2D eigenvalue weighted by atomic mass is 16.5. The maximum Gasteiger partial charge on any atom is 0.343 e. The zero-order valence-electron chi connectivity index (χ0n) is 16.9. The second-order valence-electron chi connectivity index (χ2n) is 6.64. The number of esters is 1. The van der Waals surface area contributed by atoms with Crippen molar-refractivity contribution >= 4 is 23.7 Å². The number of hydrogen-bond acceptors (Lipinski definition) is 6. The molecule has 30 heavy (non-hydrogen) atoms. The summed E-state index contributed by atoms with van der Waals surface area (Å²) in [7, 11) is 2.78. The Bertz CT molecular complexity index is 967. The van der Waals surface area contributed by atoms with Gasteiger partial charge in [0.1, 0.15) is 5.56 Å². The number of ether oxygens (including phenoxy) is 3. The van der Waals surface area contributed by atoms with Gasteiger partial charge in [-0.25, -0.2) is 4.79 Å². The van der Waals surface area contributed by atoms with Crippen LogP contribution in [0.25, 0.3) is 5.57 Å². The number of hydrogen-bond donors (Lipinski definition) is 0. The molecular formula is C23H23NO6. The quantitative estimate of drug-likeness (QED) is 0.517. The highest BCUT2D eigenvalue weighted by molar-refractivity contribution is 6.02. The van der Waals surface area contributed by atoms with Gasteiger partial charge in [0.05, 0.1) is 14.2 Å². The first-order valence-corrected chi connectivity index (χ1v) is 9.48. The van der Waals surface area contributed by atoms with Crippen LogP contribution in [0.15, 0.2) is 48.5 Å². The molecule has 0 aromatic heterocycles. The molecule has 2 aromatic carbocycles. The fourth-order valence-electron chi connectivity index (χ4n) is 3.35. The van der Waals surface area contributed by atoms with Crippen molar-refractivity contribution < 1.29 is 28.6 Å². The Morgan fingerprint density at radius 2 is 1.83 bits per heavy atom. The van der Waals surface area contributed by atoms with Crippen LogP contribution in [0, 0.1) is 0 Å². The molecule has 0 unspecified atom stereocenters. The monoisotopic (exact) mass is 409 g/mol. The third-order valence-electron chi connectivity index (χ3n) is 4.94. The Morgan fingerprint density at radius 1 is 1.07 bits per heavy atom. The van der Waals surface area contributed by atoms with Crippen LogP contribution < -0.4 is 9.47 Å². The topological polar surface area (TPSA) is 82.1 Å². The van der Waals surface area contributed by atoms with E-state index in [4.69, 9.17) is 14.2 Å². The fraction of sp³-hybridized carbons (Fsp3) is 0.261. The Balaban J connectivity index is 1.65. The van der Waals surface area contributed by atoms with Crippen molar-refractivity contribution in [2.75, 3.05) is 33.9 Å². The molecule has 1 aliphatic heterocycles. The number of carbonyl (C=O) groups is 3. The van der Waals surface area contributed by atoms with Crippen molar-refractivity contribution in [3.8, 4) is 11.5 Å². The molecule has 7 nitrogen and oxygen atoms in total. The van der Waals surface area contributed by atoms with E-state index in [1.807, 2.05) is 36.4 Å². The minimum Gasteiger partial charge on any atom is -0.493 e. The summed E-state index contributed by atoms with van der Waals surface area (Å²) >= 11 is 0. The molecule has 0 N–H and O–H groups in total. The predicted octanol–water partition coefficient (Wildman–Crippen LogP) is 2.99. The van der Waals surface area contributed by atoms with E-state index in [0.29, 0.717) is 19.4 Å². The summed E-state index contributed by atoms with van der Waals surface area (Å²) in [5.41, 5.74) is 2.36. The first-order valence-electron chi connectivity index (χ1n) is 9.48. The van der Waals surface area contributed by atoms with E-state index >= 15 is 0 Å². The second-order valence-corrected chi connectivity index (χ2v) is 6.64. The molecule has 1 amide bonds. The third kappa shape index (κ3) is 4.51. The maximum atomic E-state index is 12.6. The predicted molar refractivity (Wildman–Crippen MR) is 111 cm³/mol. The number of aldehydes is 1. The van der Waals surface area contributed by atoms with Gasteiger partial charge in [-0.2, -0.15) is 0 Å². The van der Waals surface area contributed by atoms with Crippen molar-refractivity contribution in [2.45, 2.75) is 6.42 Å². The fourth-order valence-corrected chi connectivity index (χ4v) is 3.35. The van der Waals surface area contributed by atoms with E-state index in [1.165, 1.54) is 31.9 Å². The highest BCUT2D eigenvalue weighted by Crippen LogP contribution is 2.33. The van der Waals surface area contributed by atoms with E-state index in [1.54, 1.807) is 4.90 Å². The lowest BCUT2D eigenvalue weighted by atomic mass is 10.00. The van der Waals surface area contributed by atoms with Gasteiger partial charge in [-0.15, -0.1) is 0 Å². The summed E-state index contributed by atoms with van der Waals surface area (Å²) in [6.45, 7) is 0.563. The van der Waals surface area contributed by atoms with Crippen LogP contribution in [0.1, 0.15) is 32.7 Å². The standard InChI is InChI=1S/C23H23NO6/c1-28-19-9-8-18(14-25)21(22(19)29-2)23(27)30-15-20(26)24-12-10-17(11-13-24)16-6-4-3-5-7-16/h3-10,14H,11-13,15H2,1-2H3. The lowest BCUT2D eigenvalue weighted by Gasteiger charge is -2.26. The highest BCUT2D eigenvalue weighted by Gasteiger charge is 2.25. The largest absolute Gasteiger partial charge is 0.493 e. The smallest absolute Gasteiger partial charge is 0.343 e. The Kier molecular flexibility index (Phi) is 6.85. The molecule has 0 radical (unpaired) electrons. The summed E-state index contributed by atoms with van der Waals surface area (Å²) in [6.07, 6.45) is 3.26. The SMILES string of the molecule is COc1ccc(C=O)c(C(=O)OCC(=O)N2CC=C(c3ccccc3)CC2)c1OC. The lowest BCUT2D eigenvalue weighted by Crippen LogP contribution is -2.37. The number of benzene rings is 2. The Morgan fingerprint density at radius 3 is 2.43 bits per heavy atom. The first kappa shape index (κ1) is 21.1. The molecule has 0 bridgehead atoms. The van der Waals surface area contributed by atoms with Gasteiger partial charge < -0.3 is 19.1 Å². The Hall–Kier alpha value is -3.61. The molecule has 0 spiro atoms. The summed E-state index contributed by atoms with van der Waals surface area (Å²) in [5.74, 6) is -0.746. The summed E-state index contributed by atoms with van der Waals surface area (Å²) in [6, 6.07) is 13.0. The first-order chi connectivity index (χ1) is 14.6. The minimum atomic E-state index is -0.821. The van der Waals surface area contributed by atoms with E-state index in [-0.39, 0.29) is 28.5 Å². The number of amides is 1. The van der Waals surface area contributed by atoms with Gasteiger partial charge in [0.25, 0.3) is 5.91 Å². The van der Waals surface area contributed by atoms with Gasteiger partial charge in [-0.1, -0.05) is 36.4 Å². The van der Waals surface area contributed by atoms with Crippen LogP contribution in [0.2, 0.25) is 0 Å². The normalized spacial score (nSPS) is 13.3. The van der Waals surface area contributed by atoms with Crippen molar-refractivity contribution in [3.05, 3.63) is 65.2 Å². The van der Waals surface area contributed by atoms with Crippen LogP contribution in [-0.2, 0) is 9.53 Å². The number of rotatable bonds is 7. The van der Waals surface area contributed by atoms with Crippen molar-refractivity contribution in [2.24, 2.45) is 0 Å². The van der Waals surface area contributed by atoms with Crippen LogP contribution in [0.3, 0.4) is 0 Å². The van der Waals surface area contributed by atoms with Crippen LogP contribution >= 0.6 is 0 Å². The van der Waals surface area contributed by atoms with Crippen molar-refractivity contribution in [1.29, 1.82) is 0 Å². The second kappa shape index (κ2) is 9.73. The molecule has 156 valence electrons. The van der Waals surface area contributed by atoms with Gasteiger partial charge >= 0.3 is 5.97 Å². The van der Waals surface area contributed by atoms with Gasteiger partial charge in [0, 0.05) is 18.7 Å². The van der Waals surface area contributed by atoms with Crippen molar-refractivity contribution in [1.82, 2.24) is 4.90 Å². The average Bonchev–Trinajstić information content (AvgIpc) is 2.81. The van der Waals surface area contributed by atoms with Gasteiger partial charge in [-0.05, 0) is 29.7 Å². The number of carbonyl (C=O) groups excluding carboxylic acids is 3. The van der Waals surface area contributed by atoms with Crippen LogP contribution in [0.4, 0.5) is 0 Å². The molecule has 1 aliphatic rings. The van der Waals surface area contributed by atoms with Gasteiger partial charge in [0.2, 0.25) is 0 Å². The molecule has 2 aromatic rings. The van der Waals surface area contributed by atoms with E-state index in [9.17, 15) is 14.4 Å². The van der Waals surface area contributed by atoms with Crippen LogP contribution in [0.5, 0.6) is 11.5 Å². The summed E-state index contributed by atoms with van der Waals surface area (Å²) in [5, 5.41) is 0. The van der Waals surface area contributed by atoms with Crippen LogP contribution in [-0.4, -0.2) is 57.0 Å².